The van der Waals surface area contributed by atoms with E-state index in [1.54, 1.807) is 26.8 Å². The van der Waals surface area contributed by atoms with Crippen LogP contribution in [-0.2, 0) is 13.6 Å². The SMILES string of the molecule is C=CCC1=C(Cl)C(C)(C)OP1(=O)OCC. The van der Waals surface area contributed by atoms with E-state index in [1.165, 1.54) is 0 Å². The summed E-state index contributed by atoms with van der Waals surface area (Å²) in [4.78, 5) is 0. The van der Waals surface area contributed by atoms with Crippen LogP contribution in [0.4, 0.5) is 0 Å². The largest absolute Gasteiger partial charge is 0.359 e. The summed E-state index contributed by atoms with van der Waals surface area (Å²) in [5, 5.41) is 1.00. The number of hydrogen-bond acceptors (Lipinski definition) is 3. The van der Waals surface area contributed by atoms with Crippen LogP contribution in [0.5, 0.6) is 0 Å². The topological polar surface area (TPSA) is 35.5 Å². The minimum atomic E-state index is -3.20. The predicted octanol–water partition coefficient (Wildman–Crippen LogP) is 4.05. The zero-order valence-corrected chi connectivity index (χ0v) is 10.9. The maximum absolute atomic E-state index is 12.3. The second-order valence-electron chi connectivity index (χ2n) is 3.77. The van der Waals surface area contributed by atoms with Crippen molar-refractivity contribution in [1.29, 1.82) is 0 Å². The molecule has 1 aliphatic heterocycles. The molecule has 1 heterocycles. The van der Waals surface area contributed by atoms with E-state index in [0.717, 1.165) is 0 Å². The normalized spacial score (nSPS) is 29.6. The zero-order valence-electron chi connectivity index (χ0n) is 9.25. The fourth-order valence-corrected chi connectivity index (χ4v) is 4.17. The van der Waals surface area contributed by atoms with Gasteiger partial charge in [-0.1, -0.05) is 17.7 Å². The van der Waals surface area contributed by atoms with Gasteiger partial charge >= 0.3 is 7.60 Å². The molecule has 0 N–H and O–H groups in total. The average molecular weight is 251 g/mol. The molecule has 0 fully saturated rings. The van der Waals surface area contributed by atoms with Crippen LogP contribution in [0.2, 0.25) is 0 Å². The standard InChI is InChI=1S/C10H16ClO3P/c1-5-7-8-9(11)10(3,4)14-15(8,12)13-6-2/h5H,1,6-7H2,2-4H3. The van der Waals surface area contributed by atoms with E-state index in [9.17, 15) is 4.57 Å². The molecule has 0 spiro atoms. The van der Waals surface area contributed by atoms with Crippen molar-refractivity contribution < 1.29 is 13.6 Å². The molecule has 0 aromatic carbocycles. The van der Waals surface area contributed by atoms with Crippen LogP contribution in [0.15, 0.2) is 23.0 Å². The van der Waals surface area contributed by atoms with Crippen molar-refractivity contribution >= 4 is 19.2 Å². The minimum Gasteiger partial charge on any atom is -0.306 e. The molecule has 3 nitrogen and oxygen atoms in total. The number of allylic oxidation sites excluding steroid dienone is 2. The van der Waals surface area contributed by atoms with E-state index < -0.39 is 13.2 Å². The van der Waals surface area contributed by atoms with Gasteiger partial charge in [-0.05, 0) is 27.2 Å². The van der Waals surface area contributed by atoms with Gasteiger partial charge in [0.05, 0.1) is 17.0 Å². The highest BCUT2D eigenvalue weighted by Gasteiger charge is 2.47. The number of rotatable bonds is 4. The summed E-state index contributed by atoms with van der Waals surface area (Å²) in [5.74, 6) is 0. The Morgan fingerprint density at radius 2 is 2.27 bits per heavy atom. The predicted molar refractivity (Wildman–Crippen MR) is 62.1 cm³/mol. The van der Waals surface area contributed by atoms with Crippen molar-refractivity contribution in [2.24, 2.45) is 0 Å². The van der Waals surface area contributed by atoms with Crippen molar-refractivity contribution in [3.05, 3.63) is 23.0 Å². The lowest BCUT2D eigenvalue weighted by atomic mass is 10.1. The summed E-state index contributed by atoms with van der Waals surface area (Å²) in [6.07, 6.45) is 2.08. The van der Waals surface area contributed by atoms with Gasteiger partial charge in [0.2, 0.25) is 0 Å². The minimum absolute atomic E-state index is 0.332. The van der Waals surface area contributed by atoms with Gasteiger partial charge in [0.1, 0.15) is 5.60 Å². The zero-order chi connectivity index (χ0) is 11.7. The maximum atomic E-state index is 12.3. The van der Waals surface area contributed by atoms with Gasteiger partial charge < -0.3 is 4.52 Å². The van der Waals surface area contributed by atoms with Crippen LogP contribution in [0.3, 0.4) is 0 Å². The van der Waals surface area contributed by atoms with Crippen LogP contribution in [0.1, 0.15) is 27.2 Å². The first-order chi connectivity index (χ1) is 6.87. The summed E-state index contributed by atoms with van der Waals surface area (Å²) < 4.78 is 23.0. The molecule has 86 valence electrons. The first-order valence-corrected chi connectivity index (χ1v) is 6.75. The van der Waals surface area contributed by atoms with Gasteiger partial charge in [-0.25, -0.2) is 0 Å². The third kappa shape index (κ3) is 2.36. The fourth-order valence-electron chi connectivity index (χ4n) is 1.48. The van der Waals surface area contributed by atoms with Crippen molar-refractivity contribution in [3.8, 4) is 0 Å². The number of hydrogen-bond donors (Lipinski definition) is 0. The molecule has 1 unspecified atom stereocenters. The van der Waals surface area contributed by atoms with Gasteiger partial charge in [-0.2, -0.15) is 0 Å². The molecule has 0 aromatic heterocycles. The summed E-state index contributed by atoms with van der Waals surface area (Å²) in [5.41, 5.74) is -0.732. The molecule has 1 aliphatic rings. The van der Waals surface area contributed by atoms with E-state index in [4.69, 9.17) is 20.6 Å². The molecule has 0 bridgehead atoms. The van der Waals surface area contributed by atoms with E-state index in [1.807, 2.05) is 0 Å². The Morgan fingerprint density at radius 1 is 1.67 bits per heavy atom. The molecule has 1 atom stereocenters. The van der Waals surface area contributed by atoms with Crippen molar-refractivity contribution in [1.82, 2.24) is 0 Å². The van der Waals surface area contributed by atoms with E-state index in [2.05, 4.69) is 6.58 Å². The quantitative estimate of drug-likeness (QED) is 0.558. The third-order valence-corrected chi connectivity index (χ3v) is 5.27. The summed E-state index contributed by atoms with van der Waals surface area (Å²) in [6.45, 7) is 9.26. The maximum Gasteiger partial charge on any atom is 0.359 e. The van der Waals surface area contributed by atoms with Crippen molar-refractivity contribution in [3.63, 3.8) is 0 Å². The van der Waals surface area contributed by atoms with Gasteiger partial charge in [-0.15, -0.1) is 6.58 Å². The Balaban J connectivity index is 3.14. The summed E-state index contributed by atoms with van der Waals surface area (Å²) in [6, 6.07) is 0. The van der Waals surface area contributed by atoms with Gasteiger partial charge in [0.25, 0.3) is 0 Å². The van der Waals surface area contributed by atoms with Gasteiger partial charge in [0.15, 0.2) is 0 Å². The Labute approximate surface area is 95.6 Å². The fraction of sp³-hybridized carbons (Fsp3) is 0.600. The summed E-state index contributed by atoms with van der Waals surface area (Å²) >= 11 is 6.12. The van der Waals surface area contributed by atoms with E-state index >= 15 is 0 Å². The lowest BCUT2D eigenvalue weighted by Crippen LogP contribution is -2.18. The van der Waals surface area contributed by atoms with Crippen molar-refractivity contribution in [2.75, 3.05) is 6.61 Å². The Morgan fingerprint density at radius 3 is 2.73 bits per heavy atom. The molecular formula is C10H16ClO3P. The molecule has 0 radical (unpaired) electrons. The first kappa shape index (κ1) is 13.0. The van der Waals surface area contributed by atoms with Crippen LogP contribution in [0, 0.1) is 0 Å². The van der Waals surface area contributed by atoms with E-state index in [0.29, 0.717) is 23.4 Å². The molecule has 0 amide bonds. The van der Waals surface area contributed by atoms with Crippen LogP contribution in [0.25, 0.3) is 0 Å². The second kappa shape index (κ2) is 4.42. The molecule has 15 heavy (non-hydrogen) atoms. The second-order valence-corrected chi connectivity index (χ2v) is 6.12. The highest BCUT2D eigenvalue weighted by atomic mass is 35.5. The molecule has 0 aromatic rings. The monoisotopic (exact) mass is 250 g/mol. The molecule has 0 saturated heterocycles. The lowest BCUT2D eigenvalue weighted by Gasteiger charge is -2.20. The van der Waals surface area contributed by atoms with Gasteiger partial charge in [-0.3, -0.25) is 9.09 Å². The van der Waals surface area contributed by atoms with Crippen LogP contribution in [-0.4, -0.2) is 12.2 Å². The lowest BCUT2D eigenvalue weighted by molar-refractivity contribution is 0.133. The Kier molecular flexibility index (Phi) is 3.83. The van der Waals surface area contributed by atoms with Gasteiger partial charge in [0, 0.05) is 0 Å². The Hall–Kier alpha value is -0.0800. The highest BCUT2D eigenvalue weighted by molar-refractivity contribution is 7.59. The van der Waals surface area contributed by atoms with Crippen molar-refractivity contribution in [2.45, 2.75) is 32.8 Å². The average Bonchev–Trinajstić information content (AvgIpc) is 2.26. The molecule has 1 rings (SSSR count). The molecule has 0 saturated carbocycles. The van der Waals surface area contributed by atoms with Crippen LogP contribution >= 0.6 is 19.2 Å². The molecule has 5 heteroatoms. The first-order valence-electron chi connectivity index (χ1n) is 4.83. The summed E-state index contributed by atoms with van der Waals surface area (Å²) in [7, 11) is -3.20. The third-order valence-electron chi connectivity index (χ3n) is 2.10. The van der Waals surface area contributed by atoms with Crippen LogP contribution < -0.4 is 0 Å². The molecular weight excluding hydrogens is 235 g/mol. The molecule has 0 aliphatic carbocycles. The Bertz CT molecular complexity index is 347. The highest BCUT2D eigenvalue weighted by Crippen LogP contribution is 2.68. The van der Waals surface area contributed by atoms with E-state index in [-0.39, 0.29) is 0 Å². The smallest absolute Gasteiger partial charge is 0.306 e. The number of halogens is 1.